The lowest BCUT2D eigenvalue weighted by atomic mass is 9.79. The Bertz CT molecular complexity index is 893. The van der Waals surface area contributed by atoms with Gasteiger partial charge in [-0.3, -0.25) is 0 Å². The van der Waals surface area contributed by atoms with E-state index in [1.165, 1.54) is 11.1 Å². The third-order valence-electron chi connectivity index (χ3n) is 4.89. The number of hydrogen-bond acceptors (Lipinski definition) is 4. The summed E-state index contributed by atoms with van der Waals surface area (Å²) >= 11 is 0. The van der Waals surface area contributed by atoms with Gasteiger partial charge in [0.1, 0.15) is 17.7 Å². The molecule has 1 heterocycles. The van der Waals surface area contributed by atoms with Gasteiger partial charge in [-0.05, 0) is 49.4 Å². The van der Waals surface area contributed by atoms with Crippen LogP contribution in [0.4, 0.5) is 5.82 Å². The number of rotatable bonds is 3. The van der Waals surface area contributed by atoms with E-state index in [9.17, 15) is 5.11 Å². The molecule has 0 saturated heterocycles. The van der Waals surface area contributed by atoms with Crippen LogP contribution in [0.2, 0.25) is 0 Å². The Labute approximate surface area is 141 Å². The topological polar surface area (TPSA) is 58.0 Å². The van der Waals surface area contributed by atoms with Crippen LogP contribution in [-0.4, -0.2) is 21.6 Å². The summed E-state index contributed by atoms with van der Waals surface area (Å²) < 4.78 is 0. The monoisotopic (exact) mass is 319 g/mol. The highest BCUT2D eigenvalue weighted by molar-refractivity contribution is 5.89. The van der Waals surface area contributed by atoms with Crippen molar-refractivity contribution < 1.29 is 5.11 Å². The van der Waals surface area contributed by atoms with Crippen LogP contribution in [-0.2, 0) is 12.0 Å². The van der Waals surface area contributed by atoms with Crippen LogP contribution < -0.4 is 5.32 Å². The summed E-state index contributed by atoms with van der Waals surface area (Å²) in [5.74, 6) is 0.778. The fraction of sp³-hybridized carbons (Fsp3) is 0.300. The Morgan fingerprint density at radius 2 is 2.04 bits per heavy atom. The third-order valence-corrected chi connectivity index (χ3v) is 4.89. The van der Waals surface area contributed by atoms with Gasteiger partial charge in [-0.2, -0.15) is 0 Å². The molecule has 1 aliphatic carbocycles. The fourth-order valence-corrected chi connectivity index (χ4v) is 3.62. The number of benzene rings is 2. The largest absolute Gasteiger partial charge is 0.383 e. The Hall–Kier alpha value is -2.46. The lowest BCUT2D eigenvalue weighted by Crippen LogP contribution is -2.37. The average Bonchev–Trinajstić information content (AvgIpc) is 2.60. The van der Waals surface area contributed by atoms with Gasteiger partial charge in [-0.1, -0.05) is 35.9 Å². The summed E-state index contributed by atoms with van der Waals surface area (Å²) in [4.78, 5) is 8.70. The van der Waals surface area contributed by atoms with Gasteiger partial charge in [0.2, 0.25) is 0 Å². The molecule has 1 aliphatic rings. The molecule has 2 aromatic carbocycles. The maximum Gasteiger partial charge on any atom is 0.137 e. The van der Waals surface area contributed by atoms with Crippen LogP contribution in [0.3, 0.4) is 0 Å². The van der Waals surface area contributed by atoms with E-state index in [-0.39, 0.29) is 0 Å². The first-order chi connectivity index (χ1) is 11.7. The summed E-state index contributed by atoms with van der Waals surface area (Å²) in [5, 5.41) is 15.6. The molecular formula is C20H21N3O. The Morgan fingerprint density at radius 3 is 2.96 bits per heavy atom. The van der Waals surface area contributed by atoms with Crippen molar-refractivity contribution in [2.75, 3.05) is 11.9 Å². The van der Waals surface area contributed by atoms with E-state index in [2.05, 4.69) is 34.3 Å². The molecule has 0 saturated carbocycles. The molecule has 0 fully saturated rings. The molecule has 24 heavy (non-hydrogen) atoms. The average molecular weight is 319 g/mol. The number of aromatic nitrogens is 2. The van der Waals surface area contributed by atoms with Gasteiger partial charge in [-0.15, -0.1) is 0 Å². The normalized spacial score (nSPS) is 19.9. The van der Waals surface area contributed by atoms with Crippen molar-refractivity contribution in [3.63, 3.8) is 0 Å². The van der Waals surface area contributed by atoms with Gasteiger partial charge in [0.05, 0.1) is 5.52 Å². The third kappa shape index (κ3) is 2.63. The predicted octanol–water partition coefficient (Wildman–Crippen LogP) is 3.57. The van der Waals surface area contributed by atoms with Crippen molar-refractivity contribution in [2.45, 2.75) is 31.8 Å². The zero-order valence-corrected chi connectivity index (χ0v) is 13.8. The summed E-state index contributed by atoms with van der Waals surface area (Å²) in [7, 11) is 0. The number of fused-ring (bicyclic) bond motifs is 2. The van der Waals surface area contributed by atoms with E-state index in [0.717, 1.165) is 41.5 Å². The van der Waals surface area contributed by atoms with Crippen molar-refractivity contribution in [3.05, 3.63) is 65.5 Å². The van der Waals surface area contributed by atoms with Crippen LogP contribution in [0.5, 0.6) is 0 Å². The Kier molecular flexibility index (Phi) is 3.69. The summed E-state index contributed by atoms with van der Waals surface area (Å²) in [6, 6.07) is 14.3. The molecule has 4 rings (SSSR count). The second-order valence-corrected chi connectivity index (χ2v) is 6.64. The molecule has 3 aromatic rings. The van der Waals surface area contributed by atoms with Crippen LogP contribution in [0, 0.1) is 6.92 Å². The van der Waals surface area contributed by atoms with Gasteiger partial charge in [0.25, 0.3) is 0 Å². The minimum absolute atomic E-state index is 0.448. The highest BCUT2D eigenvalue weighted by atomic mass is 16.3. The molecule has 4 heteroatoms. The van der Waals surface area contributed by atoms with E-state index < -0.39 is 5.60 Å². The van der Waals surface area contributed by atoms with E-state index in [0.29, 0.717) is 6.54 Å². The lowest BCUT2D eigenvalue weighted by molar-refractivity contribution is 0.0322. The van der Waals surface area contributed by atoms with Crippen molar-refractivity contribution >= 4 is 16.7 Å². The molecule has 0 bridgehead atoms. The van der Waals surface area contributed by atoms with Crippen LogP contribution >= 0.6 is 0 Å². The number of hydrogen-bond donors (Lipinski definition) is 2. The molecule has 1 aromatic heterocycles. The van der Waals surface area contributed by atoms with E-state index >= 15 is 0 Å². The van der Waals surface area contributed by atoms with Crippen molar-refractivity contribution in [1.82, 2.24) is 9.97 Å². The molecule has 4 nitrogen and oxygen atoms in total. The molecule has 0 spiro atoms. The molecule has 0 amide bonds. The van der Waals surface area contributed by atoms with Crippen LogP contribution in [0.1, 0.15) is 29.5 Å². The van der Waals surface area contributed by atoms with Crippen LogP contribution in [0.15, 0.2) is 48.8 Å². The first-order valence-corrected chi connectivity index (χ1v) is 8.42. The number of aliphatic hydroxyl groups is 1. The fourth-order valence-electron chi connectivity index (χ4n) is 3.62. The molecule has 0 aliphatic heterocycles. The summed E-state index contributed by atoms with van der Waals surface area (Å²) in [5.41, 5.74) is 3.52. The first kappa shape index (κ1) is 15.1. The molecule has 122 valence electrons. The standard InChI is InChI=1S/C20H21N3O/c1-14-8-9-18-16(11-14)19(23-13-22-18)21-12-20(24)10-4-6-15-5-2-3-7-17(15)20/h2-3,5,7-9,11,13,24H,4,6,10,12H2,1H3,(H,21,22,23). The summed E-state index contributed by atoms with van der Waals surface area (Å²) in [6.45, 7) is 2.51. The number of anilines is 1. The van der Waals surface area contributed by atoms with Crippen LogP contribution in [0.25, 0.3) is 10.9 Å². The highest BCUT2D eigenvalue weighted by Crippen LogP contribution is 2.35. The molecular weight excluding hydrogens is 298 g/mol. The first-order valence-electron chi connectivity index (χ1n) is 8.42. The zero-order valence-electron chi connectivity index (χ0n) is 13.8. The maximum atomic E-state index is 11.2. The lowest BCUT2D eigenvalue weighted by Gasteiger charge is -2.34. The molecule has 0 radical (unpaired) electrons. The smallest absolute Gasteiger partial charge is 0.137 e. The minimum atomic E-state index is -0.851. The number of nitrogens with zero attached hydrogens (tertiary/aromatic N) is 2. The second-order valence-electron chi connectivity index (χ2n) is 6.64. The SMILES string of the molecule is Cc1ccc2ncnc(NCC3(O)CCCc4ccccc43)c2c1. The van der Waals surface area contributed by atoms with Gasteiger partial charge >= 0.3 is 0 Å². The zero-order chi connectivity index (χ0) is 16.6. The van der Waals surface area contributed by atoms with Crippen molar-refractivity contribution in [2.24, 2.45) is 0 Å². The highest BCUT2D eigenvalue weighted by Gasteiger charge is 2.34. The summed E-state index contributed by atoms with van der Waals surface area (Å²) in [6.07, 6.45) is 4.37. The molecule has 2 N–H and O–H groups in total. The quantitative estimate of drug-likeness (QED) is 0.775. The van der Waals surface area contributed by atoms with E-state index in [4.69, 9.17) is 0 Å². The molecule has 1 atom stereocenters. The van der Waals surface area contributed by atoms with Gasteiger partial charge in [-0.25, -0.2) is 9.97 Å². The van der Waals surface area contributed by atoms with E-state index in [1.54, 1.807) is 6.33 Å². The van der Waals surface area contributed by atoms with Gasteiger partial charge in [0.15, 0.2) is 0 Å². The Morgan fingerprint density at radius 1 is 1.17 bits per heavy atom. The maximum absolute atomic E-state index is 11.2. The van der Waals surface area contributed by atoms with E-state index in [1.807, 2.05) is 30.3 Å². The number of nitrogens with one attached hydrogen (secondary N) is 1. The molecule has 1 unspecified atom stereocenters. The van der Waals surface area contributed by atoms with Crippen molar-refractivity contribution in [3.8, 4) is 0 Å². The number of aryl methyl sites for hydroxylation is 2. The predicted molar refractivity (Wildman–Crippen MR) is 96.0 cm³/mol. The Balaban J connectivity index is 1.65. The minimum Gasteiger partial charge on any atom is -0.383 e. The van der Waals surface area contributed by atoms with Gasteiger partial charge < -0.3 is 10.4 Å². The van der Waals surface area contributed by atoms with Gasteiger partial charge in [0, 0.05) is 11.9 Å². The van der Waals surface area contributed by atoms with Crippen molar-refractivity contribution in [1.29, 1.82) is 0 Å². The second kappa shape index (κ2) is 5.87.